The Hall–Kier alpha value is -0.720. The molecule has 6 heteroatoms. The second-order valence-electron chi connectivity index (χ2n) is 3.81. The molecule has 2 heterocycles. The maximum Gasteiger partial charge on any atom is 0.335 e. The summed E-state index contributed by atoms with van der Waals surface area (Å²) in [5.41, 5.74) is 0. The number of ether oxygens (including phenoxy) is 3. The first-order valence-electron chi connectivity index (χ1n) is 4.29. The van der Waals surface area contributed by atoms with Crippen LogP contribution in [0.2, 0.25) is 0 Å². The fraction of sp³-hybridized carbons (Fsp3) is 0.875. The maximum atomic E-state index is 13.1. The molecule has 0 aromatic rings. The number of hydrogen-bond acceptors (Lipinski definition) is 4. The topological polar surface area (TPSA) is 65.0 Å². The minimum atomic E-state index is -1.73. The number of carboxylic acids is 1. The van der Waals surface area contributed by atoms with E-state index in [9.17, 15) is 9.18 Å². The van der Waals surface area contributed by atoms with Crippen molar-refractivity contribution in [3.8, 4) is 0 Å². The molecule has 2 aliphatic heterocycles. The van der Waals surface area contributed by atoms with Gasteiger partial charge in [0, 0.05) is 0 Å². The quantitative estimate of drug-likeness (QED) is 0.667. The molecule has 0 aromatic carbocycles. The van der Waals surface area contributed by atoms with Crippen LogP contribution in [0.25, 0.3) is 0 Å². The van der Waals surface area contributed by atoms with Crippen LogP contribution in [0.3, 0.4) is 0 Å². The van der Waals surface area contributed by atoms with Gasteiger partial charge in [-0.25, -0.2) is 9.18 Å². The molecule has 1 unspecified atom stereocenters. The van der Waals surface area contributed by atoms with Crippen LogP contribution >= 0.6 is 0 Å². The van der Waals surface area contributed by atoms with Gasteiger partial charge in [0.1, 0.15) is 12.2 Å². The summed E-state index contributed by atoms with van der Waals surface area (Å²) in [6, 6.07) is 0. The molecule has 0 bridgehead atoms. The zero-order chi connectivity index (χ0) is 10.5. The van der Waals surface area contributed by atoms with Crippen LogP contribution < -0.4 is 0 Å². The van der Waals surface area contributed by atoms with Crippen molar-refractivity contribution < 1.29 is 28.5 Å². The van der Waals surface area contributed by atoms with E-state index in [1.54, 1.807) is 13.8 Å². The number of rotatable bonds is 1. The number of fused-ring (bicyclic) bond motifs is 1. The lowest BCUT2D eigenvalue weighted by molar-refractivity contribution is -0.208. The summed E-state index contributed by atoms with van der Waals surface area (Å²) in [6.45, 7) is 3.22. The predicted octanol–water partition coefficient (Wildman–Crippen LogP) is 0.286. The first-order chi connectivity index (χ1) is 6.41. The zero-order valence-corrected chi connectivity index (χ0v) is 7.77. The number of hydrogen-bond donors (Lipinski definition) is 1. The lowest BCUT2D eigenvalue weighted by Gasteiger charge is -2.20. The lowest BCUT2D eigenvalue weighted by Crippen LogP contribution is -2.35. The van der Waals surface area contributed by atoms with Crippen LogP contribution in [-0.4, -0.2) is 41.5 Å². The highest BCUT2D eigenvalue weighted by Crippen LogP contribution is 2.39. The molecule has 80 valence electrons. The molecule has 14 heavy (non-hydrogen) atoms. The minimum Gasteiger partial charge on any atom is -0.479 e. The van der Waals surface area contributed by atoms with Crippen LogP contribution in [0.4, 0.5) is 4.39 Å². The molecular weight excluding hydrogens is 195 g/mol. The third-order valence-corrected chi connectivity index (χ3v) is 2.24. The molecule has 5 nitrogen and oxygen atoms in total. The van der Waals surface area contributed by atoms with Crippen molar-refractivity contribution >= 4 is 5.97 Å². The van der Waals surface area contributed by atoms with Crippen LogP contribution in [0.1, 0.15) is 13.8 Å². The molecule has 2 aliphatic rings. The van der Waals surface area contributed by atoms with E-state index in [0.29, 0.717) is 0 Å². The van der Waals surface area contributed by atoms with Gasteiger partial charge in [-0.2, -0.15) is 0 Å². The molecule has 4 atom stereocenters. The van der Waals surface area contributed by atoms with Gasteiger partial charge in [-0.05, 0) is 13.8 Å². The van der Waals surface area contributed by atoms with E-state index in [0.717, 1.165) is 0 Å². The molecule has 0 aliphatic carbocycles. The SMILES string of the molecule is CC1(C)O[C@@H]2[C@@H](C(=O)O)OC(F)[C@@H]2O1. The van der Waals surface area contributed by atoms with Gasteiger partial charge in [-0.3, -0.25) is 0 Å². The summed E-state index contributed by atoms with van der Waals surface area (Å²) in [6.07, 6.45) is -4.82. The van der Waals surface area contributed by atoms with Crippen molar-refractivity contribution in [1.29, 1.82) is 0 Å². The van der Waals surface area contributed by atoms with Gasteiger partial charge in [0.05, 0.1) is 0 Å². The molecule has 0 aromatic heterocycles. The fourth-order valence-electron chi connectivity index (χ4n) is 1.75. The van der Waals surface area contributed by atoms with Gasteiger partial charge < -0.3 is 19.3 Å². The number of aliphatic carboxylic acids is 1. The third-order valence-electron chi connectivity index (χ3n) is 2.24. The second-order valence-corrected chi connectivity index (χ2v) is 3.81. The molecule has 0 spiro atoms. The van der Waals surface area contributed by atoms with Gasteiger partial charge in [-0.1, -0.05) is 0 Å². The zero-order valence-electron chi connectivity index (χ0n) is 7.77. The van der Waals surface area contributed by atoms with Crippen LogP contribution in [-0.2, 0) is 19.0 Å². The minimum absolute atomic E-state index is 0.863. The Labute approximate surface area is 79.7 Å². The summed E-state index contributed by atoms with van der Waals surface area (Å²) in [5.74, 6) is -2.18. The van der Waals surface area contributed by atoms with Crippen molar-refractivity contribution in [2.24, 2.45) is 0 Å². The average molecular weight is 206 g/mol. The summed E-state index contributed by atoms with van der Waals surface area (Å²) >= 11 is 0. The molecule has 2 saturated heterocycles. The highest BCUT2D eigenvalue weighted by atomic mass is 19.1. The van der Waals surface area contributed by atoms with Gasteiger partial charge in [-0.15, -0.1) is 0 Å². The first kappa shape index (κ1) is 9.82. The Morgan fingerprint density at radius 3 is 2.50 bits per heavy atom. The number of carboxylic acid groups (broad SMARTS) is 1. The van der Waals surface area contributed by atoms with E-state index in [4.69, 9.17) is 14.6 Å². The summed E-state index contributed by atoms with van der Waals surface area (Å²) in [4.78, 5) is 10.7. The van der Waals surface area contributed by atoms with E-state index in [1.807, 2.05) is 0 Å². The molecule has 1 N–H and O–H groups in total. The van der Waals surface area contributed by atoms with E-state index in [-0.39, 0.29) is 0 Å². The Morgan fingerprint density at radius 2 is 1.93 bits per heavy atom. The molecular formula is C8H11FO5. The van der Waals surface area contributed by atoms with Crippen molar-refractivity contribution in [2.45, 2.75) is 44.3 Å². The Morgan fingerprint density at radius 1 is 1.36 bits per heavy atom. The van der Waals surface area contributed by atoms with E-state index in [1.165, 1.54) is 0 Å². The summed E-state index contributed by atoms with van der Waals surface area (Å²) in [5, 5.41) is 8.72. The monoisotopic (exact) mass is 206 g/mol. The standard InChI is InChI=1S/C8H11FO5/c1-8(2)13-3-4(14-8)6(9)12-5(3)7(10)11/h3-6H,1-2H3,(H,10,11)/t3-,4+,5-,6?/m0/s1. The average Bonchev–Trinajstić information content (AvgIpc) is 2.47. The van der Waals surface area contributed by atoms with E-state index in [2.05, 4.69) is 4.74 Å². The largest absolute Gasteiger partial charge is 0.479 e. The van der Waals surface area contributed by atoms with Gasteiger partial charge in [0.25, 0.3) is 0 Å². The van der Waals surface area contributed by atoms with Crippen molar-refractivity contribution in [1.82, 2.24) is 0 Å². The second kappa shape index (κ2) is 2.88. The molecule has 2 fully saturated rings. The first-order valence-corrected chi connectivity index (χ1v) is 4.29. The number of alkyl halides is 1. The number of carbonyl (C=O) groups is 1. The van der Waals surface area contributed by atoms with E-state index < -0.39 is 36.4 Å². The van der Waals surface area contributed by atoms with Crippen LogP contribution in [0, 0.1) is 0 Å². The molecule has 0 saturated carbocycles. The van der Waals surface area contributed by atoms with Gasteiger partial charge in [0.2, 0.25) is 6.36 Å². The Bertz CT molecular complexity index is 266. The van der Waals surface area contributed by atoms with Crippen molar-refractivity contribution in [2.75, 3.05) is 0 Å². The van der Waals surface area contributed by atoms with Crippen LogP contribution in [0.15, 0.2) is 0 Å². The third kappa shape index (κ3) is 1.39. The highest BCUT2D eigenvalue weighted by molar-refractivity contribution is 5.73. The van der Waals surface area contributed by atoms with Gasteiger partial charge >= 0.3 is 5.97 Å². The lowest BCUT2D eigenvalue weighted by atomic mass is 10.1. The summed E-state index contributed by atoms with van der Waals surface area (Å²) < 4.78 is 28.1. The smallest absolute Gasteiger partial charge is 0.335 e. The number of halogens is 1. The summed E-state index contributed by atoms with van der Waals surface area (Å²) in [7, 11) is 0. The van der Waals surface area contributed by atoms with Crippen molar-refractivity contribution in [3.63, 3.8) is 0 Å². The predicted molar refractivity (Wildman–Crippen MR) is 41.2 cm³/mol. The Kier molecular flexibility index (Phi) is 2.02. The van der Waals surface area contributed by atoms with E-state index >= 15 is 0 Å². The Balaban J connectivity index is 2.19. The van der Waals surface area contributed by atoms with Crippen LogP contribution in [0.5, 0.6) is 0 Å². The molecule has 2 rings (SSSR count). The fourth-order valence-corrected chi connectivity index (χ4v) is 1.75. The van der Waals surface area contributed by atoms with Gasteiger partial charge in [0.15, 0.2) is 11.9 Å². The molecule has 0 radical (unpaired) electrons. The van der Waals surface area contributed by atoms with Crippen molar-refractivity contribution in [3.05, 3.63) is 0 Å². The normalized spacial score (nSPS) is 45.1. The molecule has 0 amide bonds. The maximum absolute atomic E-state index is 13.1. The highest BCUT2D eigenvalue weighted by Gasteiger charge is 2.58.